The Morgan fingerprint density at radius 1 is 0.810 bits per heavy atom. The van der Waals surface area contributed by atoms with Crippen LogP contribution in [0.2, 0.25) is 0 Å². The first-order valence-corrected chi connectivity index (χ1v) is 6.85. The van der Waals surface area contributed by atoms with Gasteiger partial charge in [0.2, 0.25) is 0 Å². The summed E-state index contributed by atoms with van der Waals surface area (Å²) in [4.78, 5) is 0. The molecule has 4 heteroatoms. The molecule has 0 bridgehead atoms. The first kappa shape index (κ1) is 15.2. The molecule has 0 amide bonds. The highest BCUT2D eigenvalue weighted by molar-refractivity contribution is 5.42. The van der Waals surface area contributed by atoms with Crippen molar-refractivity contribution in [3.63, 3.8) is 0 Å². The molecule has 112 valence electrons. The predicted molar refractivity (Wildman–Crippen MR) is 83.0 cm³/mol. The van der Waals surface area contributed by atoms with Crippen LogP contribution in [0.15, 0.2) is 48.5 Å². The highest BCUT2D eigenvalue weighted by Gasteiger charge is 2.23. The van der Waals surface area contributed by atoms with Crippen molar-refractivity contribution in [1.82, 2.24) is 0 Å². The Bertz CT molecular complexity index is 584. The van der Waals surface area contributed by atoms with Gasteiger partial charge in [0.05, 0.1) is 14.2 Å². The molecule has 0 spiro atoms. The monoisotopic (exact) mass is 287 g/mol. The van der Waals surface area contributed by atoms with E-state index in [4.69, 9.17) is 19.9 Å². The van der Waals surface area contributed by atoms with Crippen molar-refractivity contribution in [3.05, 3.63) is 54.1 Å². The van der Waals surface area contributed by atoms with Gasteiger partial charge < -0.3 is 19.9 Å². The van der Waals surface area contributed by atoms with E-state index in [0.717, 1.165) is 11.3 Å². The van der Waals surface area contributed by atoms with Crippen LogP contribution in [0.5, 0.6) is 17.2 Å². The molecule has 2 atom stereocenters. The van der Waals surface area contributed by atoms with Gasteiger partial charge in [-0.2, -0.15) is 0 Å². The Balaban J connectivity index is 2.36. The average Bonchev–Trinajstić information content (AvgIpc) is 2.52. The van der Waals surface area contributed by atoms with E-state index in [2.05, 4.69) is 0 Å². The van der Waals surface area contributed by atoms with Gasteiger partial charge in [-0.15, -0.1) is 0 Å². The summed E-state index contributed by atoms with van der Waals surface area (Å²) in [6.45, 7) is 1.91. The molecule has 0 saturated heterocycles. The summed E-state index contributed by atoms with van der Waals surface area (Å²) in [5.74, 6) is 2.10. The largest absolute Gasteiger partial charge is 0.496 e. The summed E-state index contributed by atoms with van der Waals surface area (Å²) in [5.41, 5.74) is 7.03. The Hall–Kier alpha value is -2.20. The van der Waals surface area contributed by atoms with E-state index >= 15 is 0 Å². The molecule has 0 radical (unpaired) electrons. The molecule has 0 aromatic heterocycles. The lowest BCUT2D eigenvalue weighted by Gasteiger charge is -2.25. The molecule has 0 fully saturated rings. The number of benzene rings is 2. The summed E-state index contributed by atoms with van der Waals surface area (Å²) in [6.07, 6.45) is -0.322. The van der Waals surface area contributed by atoms with E-state index in [-0.39, 0.29) is 12.1 Å². The first-order chi connectivity index (χ1) is 10.2. The second-order valence-corrected chi connectivity index (χ2v) is 4.79. The van der Waals surface area contributed by atoms with E-state index in [9.17, 15) is 0 Å². The van der Waals surface area contributed by atoms with Gasteiger partial charge in [-0.25, -0.2) is 0 Å². The zero-order valence-corrected chi connectivity index (χ0v) is 12.6. The van der Waals surface area contributed by atoms with Gasteiger partial charge in [0.15, 0.2) is 11.5 Å². The van der Waals surface area contributed by atoms with E-state index in [1.807, 2.05) is 55.5 Å². The summed E-state index contributed by atoms with van der Waals surface area (Å²) < 4.78 is 16.8. The van der Waals surface area contributed by atoms with Gasteiger partial charge in [-0.3, -0.25) is 0 Å². The molecule has 2 N–H and O–H groups in total. The maximum atomic E-state index is 6.11. The molecule has 0 aliphatic rings. The average molecular weight is 287 g/mol. The van der Waals surface area contributed by atoms with Gasteiger partial charge in [-0.1, -0.05) is 30.3 Å². The molecule has 2 aromatic carbocycles. The van der Waals surface area contributed by atoms with Crippen LogP contribution in [-0.4, -0.2) is 20.3 Å². The topological polar surface area (TPSA) is 53.7 Å². The van der Waals surface area contributed by atoms with Crippen LogP contribution < -0.4 is 19.9 Å². The summed E-state index contributed by atoms with van der Waals surface area (Å²) in [7, 11) is 3.26. The molecule has 2 unspecified atom stereocenters. The van der Waals surface area contributed by atoms with Crippen molar-refractivity contribution < 1.29 is 14.2 Å². The highest BCUT2D eigenvalue weighted by atomic mass is 16.5. The zero-order chi connectivity index (χ0) is 15.2. The molecular weight excluding hydrogens is 266 g/mol. The number of ether oxygens (including phenoxy) is 3. The summed E-state index contributed by atoms with van der Waals surface area (Å²) in [5, 5.41) is 0. The van der Waals surface area contributed by atoms with Gasteiger partial charge in [-0.05, 0) is 25.1 Å². The van der Waals surface area contributed by atoms with Crippen molar-refractivity contribution in [2.24, 2.45) is 5.73 Å². The molecule has 2 rings (SSSR count). The normalized spacial score (nSPS) is 13.3. The third-order valence-electron chi connectivity index (χ3n) is 3.25. The van der Waals surface area contributed by atoms with Crippen LogP contribution in [-0.2, 0) is 0 Å². The minimum Gasteiger partial charge on any atom is -0.496 e. The van der Waals surface area contributed by atoms with Crippen LogP contribution in [0.4, 0.5) is 0 Å². The third kappa shape index (κ3) is 3.47. The van der Waals surface area contributed by atoms with Crippen LogP contribution in [0.25, 0.3) is 0 Å². The van der Waals surface area contributed by atoms with Crippen molar-refractivity contribution in [1.29, 1.82) is 0 Å². The van der Waals surface area contributed by atoms with Crippen LogP contribution >= 0.6 is 0 Å². The molecule has 2 aromatic rings. The standard InChI is InChI=1S/C17H21NO3/c1-12(18)17(13-8-4-5-9-14(13)19-2)21-16-11-7-6-10-15(16)20-3/h4-12,17H,18H2,1-3H3. The van der Waals surface area contributed by atoms with Crippen LogP contribution in [0.1, 0.15) is 18.6 Å². The van der Waals surface area contributed by atoms with E-state index in [1.165, 1.54) is 0 Å². The number of para-hydroxylation sites is 3. The fourth-order valence-electron chi connectivity index (χ4n) is 2.21. The summed E-state index contributed by atoms with van der Waals surface area (Å²) in [6, 6.07) is 15.0. The zero-order valence-electron chi connectivity index (χ0n) is 12.6. The Labute approximate surface area is 125 Å². The maximum absolute atomic E-state index is 6.11. The van der Waals surface area contributed by atoms with Gasteiger partial charge in [0.25, 0.3) is 0 Å². The molecule has 0 aliphatic heterocycles. The first-order valence-electron chi connectivity index (χ1n) is 6.85. The van der Waals surface area contributed by atoms with Gasteiger partial charge >= 0.3 is 0 Å². The van der Waals surface area contributed by atoms with Crippen molar-refractivity contribution in [3.8, 4) is 17.2 Å². The van der Waals surface area contributed by atoms with E-state index in [0.29, 0.717) is 11.5 Å². The van der Waals surface area contributed by atoms with Gasteiger partial charge in [0, 0.05) is 11.6 Å². The molecule has 4 nitrogen and oxygen atoms in total. The number of rotatable bonds is 6. The number of hydrogen-bond donors (Lipinski definition) is 1. The number of methoxy groups -OCH3 is 2. The fraction of sp³-hybridized carbons (Fsp3) is 0.294. The molecule has 0 heterocycles. The predicted octanol–water partition coefficient (Wildman–Crippen LogP) is 3.17. The van der Waals surface area contributed by atoms with Crippen molar-refractivity contribution in [2.45, 2.75) is 19.1 Å². The SMILES string of the molecule is COc1ccccc1OC(c1ccccc1OC)C(C)N. The van der Waals surface area contributed by atoms with Crippen molar-refractivity contribution >= 4 is 0 Å². The highest BCUT2D eigenvalue weighted by Crippen LogP contribution is 2.34. The molecular formula is C17H21NO3. The Kier molecular flexibility index (Phi) is 5.06. The van der Waals surface area contributed by atoms with Crippen LogP contribution in [0, 0.1) is 0 Å². The van der Waals surface area contributed by atoms with Crippen molar-refractivity contribution in [2.75, 3.05) is 14.2 Å². The fourth-order valence-corrected chi connectivity index (χ4v) is 2.21. The van der Waals surface area contributed by atoms with E-state index < -0.39 is 0 Å². The lowest BCUT2D eigenvalue weighted by atomic mass is 10.0. The smallest absolute Gasteiger partial charge is 0.162 e. The Morgan fingerprint density at radius 3 is 1.90 bits per heavy atom. The molecule has 0 saturated carbocycles. The third-order valence-corrected chi connectivity index (χ3v) is 3.25. The van der Waals surface area contributed by atoms with E-state index in [1.54, 1.807) is 14.2 Å². The van der Waals surface area contributed by atoms with Gasteiger partial charge in [0.1, 0.15) is 11.9 Å². The lowest BCUT2D eigenvalue weighted by molar-refractivity contribution is 0.169. The van der Waals surface area contributed by atoms with Crippen LogP contribution in [0.3, 0.4) is 0 Å². The maximum Gasteiger partial charge on any atom is 0.162 e. The summed E-state index contributed by atoms with van der Waals surface area (Å²) >= 11 is 0. The quantitative estimate of drug-likeness (QED) is 0.886. The molecule has 0 aliphatic carbocycles. The lowest BCUT2D eigenvalue weighted by Crippen LogP contribution is -2.29. The number of nitrogens with two attached hydrogens (primary N) is 1. The Morgan fingerprint density at radius 2 is 1.33 bits per heavy atom. The minimum absolute atomic E-state index is 0.203. The minimum atomic E-state index is -0.322. The second kappa shape index (κ2) is 6.99. The number of hydrogen-bond acceptors (Lipinski definition) is 4. The molecule has 21 heavy (non-hydrogen) atoms. The second-order valence-electron chi connectivity index (χ2n) is 4.79.